The number of aliphatic hydroxyl groups is 1. The fourth-order valence-electron chi connectivity index (χ4n) is 1.68. The smallest absolute Gasteiger partial charge is 0.0598 e. The molecule has 0 aromatic rings. The molecule has 0 bridgehead atoms. The van der Waals surface area contributed by atoms with E-state index in [0.29, 0.717) is 19.6 Å². The number of hydrogen-bond donors (Lipinski definition) is 4. The molecule has 5 heteroatoms. The minimum absolute atomic E-state index is 0.171. The quantitative estimate of drug-likeness (QED) is 0.350. The van der Waals surface area contributed by atoms with Gasteiger partial charge in [-0.1, -0.05) is 6.92 Å². The normalized spacial score (nSPS) is 13.4. The first-order chi connectivity index (χ1) is 7.29. The van der Waals surface area contributed by atoms with Crippen molar-refractivity contribution in [2.24, 2.45) is 11.5 Å². The average Bonchev–Trinajstić information content (AvgIpc) is 2.24. The topological polar surface area (TPSA) is 87.5 Å². The molecule has 5 nitrogen and oxygen atoms in total. The molecule has 0 radical (unpaired) electrons. The number of hydrogen-bond acceptors (Lipinski definition) is 5. The molecule has 0 rings (SSSR count). The maximum absolute atomic E-state index is 8.97. The summed E-state index contributed by atoms with van der Waals surface area (Å²) in [6, 6.07) is 0. The van der Waals surface area contributed by atoms with Crippen molar-refractivity contribution in [3.8, 4) is 0 Å². The van der Waals surface area contributed by atoms with Crippen LogP contribution in [0.4, 0.5) is 0 Å². The summed E-state index contributed by atoms with van der Waals surface area (Å²) in [7, 11) is 0. The Labute approximate surface area is 92.8 Å². The largest absolute Gasteiger partial charge is 0.395 e. The molecule has 0 aliphatic heterocycles. The van der Waals surface area contributed by atoms with Gasteiger partial charge in [0.2, 0.25) is 0 Å². The molecule has 0 aliphatic rings. The van der Waals surface area contributed by atoms with Crippen LogP contribution < -0.4 is 16.8 Å². The zero-order chi connectivity index (χ0) is 11.5. The second-order valence-electron chi connectivity index (χ2n) is 3.55. The first kappa shape index (κ1) is 14.8. The number of nitrogens with zero attached hydrogens (tertiary/aromatic N) is 1. The summed E-state index contributed by atoms with van der Waals surface area (Å²) in [6.45, 7) is 5.96. The van der Waals surface area contributed by atoms with Gasteiger partial charge in [0, 0.05) is 19.6 Å². The molecule has 0 saturated heterocycles. The van der Waals surface area contributed by atoms with Gasteiger partial charge in [0.1, 0.15) is 0 Å². The number of rotatable bonds is 10. The van der Waals surface area contributed by atoms with Crippen molar-refractivity contribution in [1.82, 2.24) is 10.2 Å². The Morgan fingerprint density at radius 3 is 2.47 bits per heavy atom. The van der Waals surface area contributed by atoms with E-state index in [4.69, 9.17) is 16.6 Å². The maximum atomic E-state index is 8.97. The summed E-state index contributed by atoms with van der Waals surface area (Å²) in [4.78, 5) is 2.18. The standard InChI is InChI=1S/C10H26N4O/c1-2-13-10(4-3-5-11)14(7-6-12)8-9-15/h10,13,15H,2-9,11-12H2,1H3. The van der Waals surface area contributed by atoms with Gasteiger partial charge < -0.3 is 21.9 Å². The van der Waals surface area contributed by atoms with Crippen molar-refractivity contribution < 1.29 is 5.11 Å². The molecule has 0 amide bonds. The highest BCUT2D eigenvalue weighted by atomic mass is 16.3. The van der Waals surface area contributed by atoms with Gasteiger partial charge >= 0.3 is 0 Å². The molecule has 0 aromatic carbocycles. The third-order valence-electron chi connectivity index (χ3n) is 2.37. The molecule has 0 aromatic heterocycles. The van der Waals surface area contributed by atoms with Gasteiger partial charge in [0.15, 0.2) is 0 Å². The number of nitrogens with one attached hydrogen (secondary N) is 1. The van der Waals surface area contributed by atoms with Crippen molar-refractivity contribution in [2.45, 2.75) is 25.9 Å². The molecule has 0 spiro atoms. The second kappa shape index (κ2) is 10.3. The Morgan fingerprint density at radius 2 is 2.00 bits per heavy atom. The summed E-state index contributed by atoms with van der Waals surface area (Å²) < 4.78 is 0. The van der Waals surface area contributed by atoms with E-state index in [1.54, 1.807) is 0 Å². The zero-order valence-electron chi connectivity index (χ0n) is 9.78. The highest BCUT2D eigenvalue weighted by molar-refractivity contribution is 4.70. The lowest BCUT2D eigenvalue weighted by Crippen LogP contribution is -2.48. The van der Waals surface area contributed by atoms with E-state index in [2.05, 4.69) is 17.1 Å². The van der Waals surface area contributed by atoms with E-state index in [-0.39, 0.29) is 12.8 Å². The van der Waals surface area contributed by atoms with E-state index in [1.165, 1.54) is 0 Å². The lowest BCUT2D eigenvalue weighted by molar-refractivity contribution is 0.126. The van der Waals surface area contributed by atoms with Crippen LogP contribution in [0.3, 0.4) is 0 Å². The Hall–Kier alpha value is -0.200. The van der Waals surface area contributed by atoms with Crippen molar-refractivity contribution in [2.75, 3.05) is 39.3 Å². The van der Waals surface area contributed by atoms with E-state index in [0.717, 1.165) is 25.9 Å². The molecule has 15 heavy (non-hydrogen) atoms. The van der Waals surface area contributed by atoms with Gasteiger partial charge in [0.25, 0.3) is 0 Å². The van der Waals surface area contributed by atoms with Gasteiger partial charge in [0.05, 0.1) is 12.8 Å². The third kappa shape index (κ3) is 6.81. The van der Waals surface area contributed by atoms with Gasteiger partial charge in [-0.3, -0.25) is 4.90 Å². The molecular formula is C10H26N4O. The van der Waals surface area contributed by atoms with Crippen molar-refractivity contribution >= 4 is 0 Å². The van der Waals surface area contributed by atoms with Crippen LogP contribution in [0.15, 0.2) is 0 Å². The molecule has 1 unspecified atom stereocenters. The maximum Gasteiger partial charge on any atom is 0.0598 e. The summed E-state index contributed by atoms with van der Waals surface area (Å²) in [5.74, 6) is 0. The Morgan fingerprint density at radius 1 is 1.27 bits per heavy atom. The molecule has 0 saturated carbocycles. The molecule has 0 heterocycles. The van der Waals surface area contributed by atoms with Crippen LogP contribution in [0.5, 0.6) is 0 Å². The highest BCUT2D eigenvalue weighted by Crippen LogP contribution is 2.03. The number of aliphatic hydroxyl groups excluding tert-OH is 1. The molecule has 6 N–H and O–H groups in total. The Bertz CT molecular complexity index is 129. The van der Waals surface area contributed by atoms with Gasteiger partial charge in [-0.05, 0) is 25.9 Å². The van der Waals surface area contributed by atoms with E-state index < -0.39 is 0 Å². The fraction of sp³-hybridized carbons (Fsp3) is 1.00. The van der Waals surface area contributed by atoms with E-state index in [9.17, 15) is 0 Å². The van der Waals surface area contributed by atoms with Crippen LogP contribution in [0.25, 0.3) is 0 Å². The SMILES string of the molecule is CCNC(CCCN)N(CCN)CCO. The Balaban J connectivity index is 4.09. The van der Waals surface area contributed by atoms with Crippen molar-refractivity contribution in [3.63, 3.8) is 0 Å². The molecule has 92 valence electrons. The predicted octanol–water partition coefficient (Wildman–Crippen LogP) is -1.09. The third-order valence-corrected chi connectivity index (χ3v) is 2.37. The summed E-state index contributed by atoms with van der Waals surface area (Å²) >= 11 is 0. The summed E-state index contributed by atoms with van der Waals surface area (Å²) in [5.41, 5.74) is 11.0. The molecular weight excluding hydrogens is 192 g/mol. The van der Waals surface area contributed by atoms with Crippen LogP contribution in [-0.4, -0.2) is 55.5 Å². The first-order valence-corrected chi connectivity index (χ1v) is 5.78. The Kier molecular flexibility index (Phi) is 10.2. The second-order valence-corrected chi connectivity index (χ2v) is 3.55. The van der Waals surface area contributed by atoms with Gasteiger partial charge in [-0.15, -0.1) is 0 Å². The van der Waals surface area contributed by atoms with Gasteiger partial charge in [-0.25, -0.2) is 0 Å². The predicted molar refractivity (Wildman–Crippen MR) is 63.5 cm³/mol. The molecule has 0 aliphatic carbocycles. The molecule has 1 atom stereocenters. The van der Waals surface area contributed by atoms with Crippen molar-refractivity contribution in [1.29, 1.82) is 0 Å². The van der Waals surface area contributed by atoms with Crippen LogP contribution in [-0.2, 0) is 0 Å². The van der Waals surface area contributed by atoms with Crippen LogP contribution >= 0.6 is 0 Å². The lowest BCUT2D eigenvalue weighted by Gasteiger charge is -2.31. The lowest BCUT2D eigenvalue weighted by atomic mass is 10.2. The fourth-order valence-corrected chi connectivity index (χ4v) is 1.68. The highest BCUT2D eigenvalue weighted by Gasteiger charge is 2.15. The van der Waals surface area contributed by atoms with Crippen LogP contribution in [0.1, 0.15) is 19.8 Å². The minimum atomic E-state index is 0.171. The van der Waals surface area contributed by atoms with Gasteiger partial charge in [-0.2, -0.15) is 0 Å². The summed E-state index contributed by atoms with van der Waals surface area (Å²) in [5, 5.41) is 12.4. The van der Waals surface area contributed by atoms with E-state index >= 15 is 0 Å². The van der Waals surface area contributed by atoms with E-state index in [1.807, 2.05) is 0 Å². The first-order valence-electron chi connectivity index (χ1n) is 5.78. The summed E-state index contributed by atoms with van der Waals surface area (Å²) in [6.07, 6.45) is 2.28. The number of nitrogens with two attached hydrogens (primary N) is 2. The van der Waals surface area contributed by atoms with Crippen LogP contribution in [0.2, 0.25) is 0 Å². The zero-order valence-corrected chi connectivity index (χ0v) is 9.78. The average molecular weight is 218 g/mol. The molecule has 0 fully saturated rings. The minimum Gasteiger partial charge on any atom is -0.395 e. The van der Waals surface area contributed by atoms with Crippen molar-refractivity contribution in [3.05, 3.63) is 0 Å². The van der Waals surface area contributed by atoms with Crippen LogP contribution in [0, 0.1) is 0 Å². The monoisotopic (exact) mass is 218 g/mol.